The van der Waals surface area contributed by atoms with Crippen molar-refractivity contribution >= 4 is 28.7 Å². The molecule has 3 rings (SSSR count). The van der Waals surface area contributed by atoms with E-state index in [2.05, 4.69) is 10.3 Å². The molecule has 0 radical (unpaired) electrons. The fourth-order valence-electron chi connectivity index (χ4n) is 2.76. The van der Waals surface area contributed by atoms with Crippen molar-refractivity contribution in [3.8, 4) is 5.75 Å². The molecule has 0 bridgehead atoms. The molecule has 0 aliphatic rings. The van der Waals surface area contributed by atoms with E-state index < -0.39 is 23.8 Å². The third-order valence-corrected chi connectivity index (χ3v) is 4.08. The Morgan fingerprint density at radius 3 is 2.61 bits per heavy atom. The summed E-state index contributed by atoms with van der Waals surface area (Å²) in [5.74, 6) is -1.42. The second-order valence-electron chi connectivity index (χ2n) is 6.25. The molecule has 0 aliphatic heterocycles. The maximum Gasteiger partial charge on any atom is 0.308 e. The largest absolute Gasteiger partial charge is 0.427 e. The first-order valence-electron chi connectivity index (χ1n) is 8.66. The SMILES string of the molecule is CC(=O)Oc1cccc(C(=O)N[C@H](Cc2ccc3ccccc3n2)C(N)=O)c1. The molecule has 28 heavy (non-hydrogen) atoms. The van der Waals surface area contributed by atoms with Crippen molar-refractivity contribution in [1.82, 2.24) is 10.3 Å². The number of primary amides is 1. The molecule has 7 heteroatoms. The Balaban J connectivity index is 1.76. The summed E-state index contributed by atoms with van der Waals surface area (Å²) < 4.78 is 4.97. The summed E-state index contributed by atoms with van der Waals surface area (Å²) in [4.78, 5) is 40.0. The number of nitrogens with zero attached hydrogens (tertiary/aromatic N) is 1. The van der Waals surface area contributed by atoms with Gasteiger partial charge in [-0.1, -0.05) is 30.3 Å². The van der Waals surface area contributed by atoms with Gasteiger partial charge in [-0.15, -0.1) is 0 Å². The van der Waals surface area contributed by atoms with Crippen LogP contribution in [0.5, 0.6) is 5.75 Å². The lowest BCUT2D eigenvalue weighted by Gasteiger charge is -2.16. The van der Waals surface area contributed by atoms with Crippen LogP contribution in [0.3, 0.4) is 0 Å². The predicted molar refractivity (Wildman–Crippen MR) is 104 cm³/mol. The highest BCUT2D eigenvalue weighted by molar-refractivity contribution is 5.97. The molecule has 3 aromatic rings. The van der Waals surface area contributed by atoms with Crippen molar-refractivity contribution < 1.29 is 19.1 Å². The highest BCUT2D eigenvalue weighted by atomic mass is 16.5. The Bertz CT molecular complexity index is 1050. The summed E-state index contributed by atoms with van der Waals surface area (Å²) >= 11 is 0. The molecule has 0 fully saturated rings. The van der Waals surface area contributed by atoms with Crippen molar-refractivity contribution in [2.24, 2.45) is 5.73 Å². The Labute approximate surface area is 161 Å². The first kappa shape index (κ1) is 19.0. The van der Waals surface area contributed by atoms with Gasteiger partial charge >= 0.3 is 5.97 Å². The average Bonchev–Trinajstić information content (AvgIpc) is 2.67. The van der Waals surface area contributed by atoms with E-state index in [1.165, 1.54) is 13.0 Å². The summed E-state index contributed by atoms with van der Waals surface area (Å²) in [6.07, 6.45) is 0.162. The maximum absolute atomic E-state index is 12.5. The van der Waals surface area contributed by atoms with Gasteiger partial charge in [-0.2, -0.15) is 0 Å². The van der Waals surface area contributed by atoms with Crippen LogP contribution >= 0.6 is 0 Å². The zero-order valence-corrected chi connectivity index (χ0v) is 15.2. The summed E-state index contributed by atoms with van der Waals surface area (Å²) in [6, 6.07) is 16.5. The van der Waals surface area contributed by atoms with Crippen LogP contribution in [-0.4, -0.2) is 28.8 Å². The van der Waals surface area contributed by atoms with E-state index in [4.69, 9.17) is 10.5 Å². The van der Waals surface area contributed by atoms with Gasteiger partial charge in [0.15, 0.2) is 0 Å². The van der Waals surface area contributed by atoms with Gasteiger partial charge in [-0.3, -0.25) is 19.4 Å². The van der Waals surface area contributed by atoms with Gasteiger partial charge in [0.1, 0.15) is 11.8 Å². The third kappa shape index (κ3) is 4.70. The maximum atomic E-state index is 12.5. The van der Waals surface area contributed by atoms with Crippen LogP contribution < -0.4 is 15.8 Å². The van der Waals surface area contributed by atoms with E-state index in [-0.39, 0.29) is 17.7 Å². The molecular weight excluding hydrogens is 358 g/mol. The molecule has 0 unspecified atom stereocenters. The Hall–Kier alpha value is -3.74. The minimum Gasteiger partial charge on any atom is -0.427 e. The second-order valence-corrected chi connectivity index (χ2v) is 6.25. The lowest BCUT2D eigenvalue weighted by atomic mass is 10.1. The van der Waals surface area contributed by atoms with E-state index in [1.807, 2.05) is 30.3 Å². The van der Waals surface area contributed by atoms with E-state index >= 15 is 0 Å². The minimum atomic E-state index is -0.932. The van der Waals surface area contributed by atoms with Crippen LogP contribution in [0.1, 0.15) is 23.0 Å². The van der Waals surface area contributed by atoms with Crippen LogP contribution in [0.15, 0.2) is 60.7 Å². The van der Waals surface area contributed by atoms with Gasteiger partial charge in [-0.05, 0) is 30.3 Å². The van der Waals surface area contributed by atoms with Gasteiger partial charge in [0.05, 0.1) is 5.52 Å². The third-order valence-electron chi connectivity index (χ3n) is 4.08. The summed E-state index contributed by atoms with van der Waals surface area (Å²) in [5, 5.41) is 3.60. The number of hydrogen-bond donors (Lipinski definition) is 2. The molecule has 1 aromatic heterocycles. The fraction of sp³-hybridized carbons (Fsp3) is 0.143. The zero-order chi connectivity index (χ0) is 20.1. The normalized spacial score (nSPS) is 11.6. The molecule has 0 saturated carbocycles. The number of nitrogens with one attached hydrogen (secondary N) is 1. The highest BCUT2D eigenvalue weighted by Gasteiger charge is 2.20. The van der Waals surface area contributed by atoms with Crippen LogP contribution in [0, 0.1) is 0 Å². The number of hydrogen-bond acceptors (Lipinski definition) is 5. The summed E-state index contributed by atoms with van der Waals surface area (Å²) in [6.45, 7) is 1.27. The average molecular weight is 377 g/mol. The van der Waals surface area contributed by atoms with Crippen LogP contribution in [0.2, 0.25) is 0 Å². The monoisotopic (exact) mass is 377 g/mol. The molecule has 2 amide bonds. The first-order valence-corrected chi connectivity index (χ1v) is 8.66. The van der Waals surface area contributed by atoms with E-state index in [0.717, 1.165) is 10.9 Å². The summed E-state index contributed by atoms with van der Waals surface area (Å²) in [7, 11) is 0. The number of carbonyl (C=O) groups is 3. The number of para-hydroxylation sites is 1. The Kier molecular flexibility index (Phi) is 5.64. The molecule has 142 valence electrons. The zero-order valence-electron chi connectivity index (χ0n) is 15.2. The topological polar surface area (TPSA) is 111 Å². The second kappa shape index (κ2) is 8.30. The molecule has 1 atom stereocenters. The van der Waals surface area contributed by atoms with E-state index in [1.54, 1.807) is 24.3 Å². The number of rotatable bonds is 6. The van der Waals surface area contributed by atoms with Gasteiger partial charge < -0.3 is 15.8 Å². The van der Waals surface area contributed by atoms with Crippen molar-refractivity contribution in [2.45, 2.75) is 19.4 Å². The quantitative estimate of drug-likeness (QED) is 0.504. The summed E-state index contributed by atoms with van der Waals surface area (Å²) in [5.41, 5.74) is 7.15. The van der Waals surface area contributed by atoms with E-state index in [0.29, 0.717) is 5.69 Å². The minimum absolute atomic E-state index is 0.162. The van der Waals surface area contributed by atoms with Gasteiger partial charge in [0, 0.05) is 30.0 Å². The van der Waals surface area contributed by atoms with Gasteiger partial charge in [0.2, 0.25) is 5.91 Å². The number of aromatic nitrogens is 1. The molecule has 0 spiro atoms. The molecule has 7 nitrogen and oxygen atoms in total. The standard InChI is InChI=1S/C21H19N3O4/c1-13(25)28-17-7-4-6-15(11-17)21(27)24-19(20(22)26)12-16-10-9-14-5-2-3-8-18(14)23-16/h2-11,19H,12H2,1H3,(H2,22,26)(H,24,27)/t19-/m1/s1. The van der Waals surface area contributed by atoms with Crippen LogP contribution in [-0.2, 0) is 16.0 Å². The lowest BCUT2D eigenvalue weighted by Crippen LogP contribution is -2.46. The number of fused-ring (bicyclic) bond motifs is 1. The van der Waals surface area contributed by atoms with Crippen molar-refractivity contribution in [3.05, 3.63) is 71.9 Å². The van der Waals surface area contributed by atoms with Crippen LogP contribution in [0.25, 0.3) is 10.9 Å². The molecule has 0 saturated heterocycles. The molecule has 3 N–H and O–H groups in total. The number of benzene rings is 2. The van der Waals surface area contributed by atoms with Gasteiger partial charge in [-0.25, -0.2) is 0 Å². The predicted octanol–water partition coefficient (Wildman–Crippen LogP) is 1.99. The van der Waals surface area contributed by atoms with Crippen LogP contribution in [0.4, 0.5) is 0 Å². The fourth-order valence-corrected chi connectivity index (χ4v) is 2.76. The molecular formula is C21H19N3O4. The molecule has 1 heterocycles. The highest BCUT2D eigenvalue weighted by Crippen LogP contribution is 2.15. The number of esters is 1. The number of ether oxygens (including phenoxy) is 1. The lowest BCUT2D eigenvalue weighted by molar-refractivity contribution is -0.131. The smallest absolute Gasteiger partial charge is 0.308 e. The number of carbonyl (C=O) groups excluding carboxylic acids is 3. The van der Waals surface area contributed by atoms with Crippen molar-refractivity contribution in [1.29, 1.82) is 0 Å². The van der Waals surface area contributed by atoms with Crippen molar-refractivity contribution in [3.63, 3.8) is 0 Å². The number of amides is 2. The number of nitrogens with two attached hydrogens (primary N) is 1. The van der Waals surface area contributed by atoms with E-state index in [9.17, 15) is 14.4 Å². The van der Waals surface area contributed by atoms with Gasteiger partial charge in [0.25, 0.3) is 5.91 Å². The Morgan fingerprint density at radius 1 is 1.07 bits per heavy atom. The Morgan fingerprint density at radius 2 is 1.86 bits per heavy atom. The van der Waals surface area contributed by atoms with Crippen molar-refractivity contribution in [2.75, 3.05) is 0 Å². The molecule has 0 aliphatic carbocycles. The number of pyridine rings is 1. The molecule has 2 aromatic carbocycles. The first-order chi connectivity index (χ1) is 13.4.